The number of likely N-dealkylation sites (tertiary alicyclic amines) is 1. The van der Waals surface area contributed by atoms with E-state index in [-0.39, 0.29) is 23.8 Å². The highest BCUT2D eigenvalue weighted by Crippen LogP contribution is 2.22. The molecule has 29 heavy (non-hydrogen) atoms. The van der Waals surface area contributed by atoms with Crippen LogP contribution >= 0.6 is 12.2 Å². The van der Waals surface area contributed by atoms with Gasteiger partial charge in [0.15, 0.2) is 5.11 Å². The van der Waals surface area contributed by atoms with E-state index >= 15 is 0 Å². The molecule has 1 aromatic rings. The zero-order valence-corrected chi connectivity index (χ0v) is 18.8. The Morgan fingerprint density at radius 1 is 1.14 bits per heavy atom. The fourth-order valence-corrected chi connectivity index (χ4v) is 3.79. The second kappa shape index (κ2) is 11.1. The molecule has 1 aromatic carbocycles. The number of rotatable bonds is 7. The zero-order chi connectivity index (χ0) is 21.4. The molecular formula is C22H34N4O2S. The lowest BCUT2D eigenvalue weighted by Gasteiger charge is -2.37. The van der Waals surface area contributed by atoms with Crippen LogP contribution < -0.4 is 16.0 Å². The Hall–Kier alpha value is -2.15. The van der Waals surface area contributed by atoms with Crippen molar-refractivity contribution < 1.29 is 9.59 Å². The number of nitrogens with one attached hydrogen (secondary N) is 3. The number of carbonyl (C=O) groups is 2. The van der Waals surface area contributed by atoms with Gasteiger partial charge in [-0.1, -0.05) is 24.6 Å². The first kappa shape index (κ1) is 23.1. The number of carbonyl (C=O) groups excluding carboxylic acids is 2. The Kier molecular flexibility index (Phi) is 8.89. The SMILES string of the molecule is CCNC(=S)N1CCC([C@H](NC(=O)c2ccc(C)cc2)C(=O)N[C@H](C)CC)CC1. The molecule has 7 heteroatoms. The number of piperidine rings is 1. The maximum Gasteiger partial charge on any atom is 0.251 e. The molecular weight excluding hydrogens is 384 g/mol. The van der Waals surface area contributed by atoms with Crippen LogP contribution in [0, 0.1) is 12.8 Å². The summed E-state index contributed by atoms with van der Waals surface area (Å²) in [7, 11) is 0. The number of nitrogens with zero attached hydrogens (tertiary/aromatic N) is 1. The minimum Gasteiger partial charge on any atom is -0.363 e. The van der Waals surface area contributed by atoms with Gasteiger partial charge < -0.3 is 20.9 Å². The third kappa shape index (κ3) is 6.70. The largest absolute Gasteiger partial charge is 0.363 e. The Labute approximate surface area is 179 Å². The monoisotopic (exact) mass is 418 g/mol. The molecule has 1 aliphatic rings. The van der Waals surface area contributed by atoms with E-state index in [1.807, 2.05) is 39.8 Å². The van der Waals surface area contributed by atoms with Gasteiger partial charge in [-0.05, 0) is 70.3 Å². The second-order valence-corrected chi connectivity index (χ2v) is 8.18. The molecule has 0 radical (unpaired) electrons. The summed E-state index contributed by atoms with van der Waals surface area (Å²) >= 11 is 5.41. The minimum atomic E-state index is -0.548. The van der Waals surface area contributed by atoms with E-state index in [0.29, 0.717) is 5.56 Å². The smallest absolute Gasteiger partial charge is 0.251 e. The van der Waals surface area contributed by atoms with Crippen molar-refractivity contribution in [3.8, 4) is 0 Å². The first-order valence-electron chi connectivity index (χ1n) is 10.6. The van der Waals surface area contributed by atoms with Crippen LogP contribution in [-0.2, 0) is 4.79 Å². The van der Waals surface area contributed by atoms with Gasteiger partial charge in [0.25, 0.3) is 5.91 Å². The summed E-state index contributed by atoms with van der Waals surface area (Å²) in [5.41, 5.74) is 1.67. The lowest BCUT2D eigenvalue weighted by Crippen LogP contribution is -2.55. The summed E-state index contributed by atoms with van der Waals surface area (Å²) in [6, 6.07) is 6.93. The third-order valence-electron chi connectivity index (χ3n) is 5.51. The average Bonchev–Trinajstić information content (AvgIpc) is 2.72. The molecule has 1 aliphatic heterocycles. The van der Waals surface area contributed by atoms with Gasteiger partial charge >= 0.3 is 0 Å². The molecule has 160 valence electrons. The van der Waals surface area contributed by atoms with Gasteiger partial charge in [-0.3, -0.25) is 9.59 Å². The van der Waals surface area contributed by atoms with Gasteiger partial charge in [0.1, 0.15) is 6.04 Å². The van der Waals surface area contributed by atoms with E-state index in [2.05, 4.69) is 20.9 Å². The summed E-state index contributed by atoms with van der Waals surface area (Å²) in [4.78, 5) is 27.9. The van der Waals surface area contributed by atoms with Crippen molar-refractivity contribution in [3.05, 3.63) is 35.4 Å². The average molecular weight is 419 g/mol. The second-order valence-electron chi connectivity index (χ2n) is 7.80. The predicted octanol–water partition coefficient (Wildman–Crippen LogP) is 2.61. The summed E-state index contributed by atoms with van der Waals surface area (Å²) in [5, 5.41) is 9.99. The number of thiocarbonyl (C=S) groups is 1. The molecule has 0 unspecified atom stereocenters. The van der Waals surface area contributed by atoms with Crippen molar-refractivity contribution in [1.82, 2.24) is 20.9 Å². The highest BCUT2D eigenvalue weighted by molar-refractivity contribution is 7.80. The summed E-state index contributed by atoms with van der Waals surface area (Å²) < 4.78 is 0. The Morgan fingerprint density at radius 3 is 2.31 bits per heavy atom. The van der Waals surface area contributed by atoms with Crippen LogP contribution in [0.4, 0.5) is 0 Å². The number of hydrogen-bond donors (Lipinski definition) is 3. The van der Waals surface area contributed by atoms with Crippen molar-refractivity contribution in [1.29, 1.82) is 0 Å². The number of aryl methyl sites for hydroxylation is 1. The van der Waals surface area contributed by atoms with Crippen LogP contribution in [0.2, 0.25) is 0 Å². The number of benzene rings is 1. The van der Waals surface area contributed by atoms with E-state index in [1.54, 1.807) is 12.1 Å². The highest BCUT2D eigenvalue weighted by atomic mass is 32.1. The molecule has 1 fully saturated rings. The Bertz CT molecular complexity index is 699. The van der Waals surface area contributed by atoms with Gasteiger partial charge in [0.05, 0.1) is 0 Å². The predicted molar refractivity (Wildman–Crippen MR) is 121 cm³/mol. The van der Waals surface area contributed by atoms with Crippen molar-refractivity contribution >= 4 is 29.1 Å². The van der Waals surface area contributed by atoms with Crippen LogP contribution in [0.3, 0.4) is 0 Å². The Morgan fingerprint density at radius 2 is 1.76 bits per heavy atom. The topological polar surface area (TPSA) is 73.5 Å². The van der Waals surface area contributed by atoms with Gasteiger partial charge in [-0.2, -0.15) is 0 Å². The summed E-state index contributed by atoms with van der Waals surface area (Å²) in [6.07, 6.45) is 2.45. The van der Waals surface area contributed by atoms with Crippen LogP contribution in [0.1, 0.15) is 56.0 Å². The van der Waals surface area contributed by atoms with Crippen molar-refractivity contribution in [2.75, 3.05) is 19.6 Å². The lowest BCUT2D eigenvalue weighted by atomic mass is 9.88. The van der Waals surface area contributed by atoms with Crippen molar-refractivity contribution in [2.45, 2.75) is 59.0 Å². The fraction of sp³-hybridized carbons (Fsp3) is 0.591. The Balaban J connectivity index is 2.09. The molecule has 2 amide bonds. The number of amides is 2. The summed E-state index contributed by atoms with van der Waals surface area (Å²) in [5.74, 6) is -0.235. The maximum atomic E-state index is 13.0. The molecule has 0 aliphatic carbocycles. The van der Waals surface area contributed by atoms with Crippen LogP contribution in [0.5, 0.6) is 0 Å². The highest BCUT2D eigenvalue weighted by Gasteiger charge is 2.33. The van der Waals surface area contributed by atoms with E-state index in [4.69, 9.17) is 12.2 Å². The van der Waals surface area contributed by atoms with E-state index < -0.39 is 6.04 Å². The van der Waals surface area contributed by atoms with Gasteiger partial charge in [0.2, 0.25) is 5.91 Å². The molecule has 0 bridgehead atoms. The fourth-order valence-electron chi connectivity index (χ4n) is 3.46. The van der Waals surface area contributed by atoms with Crippen LogP contribution in [0.15, 0.2) is 24.3 Å². The lowest BCUT2D eigenvalue weighted by molar-refractivity contribution is -0.125. The first-order chi connectivity index (χ1) is 13.8. The molecule has 0 spiro atoms. The van der Waals surface area contributed by atoms with Crippen LogP contribution in [-0.4, -0.2) is 53.5 Å². The van der Waals surface area contributed by atoms with E-state index in [9.17, 15) is 9.59 Å². The molecule has 3 N–H and O–H groups in total. The van der Waals surface area contributed by atoms with Gasteiger partial charge in [-0.25, -0.2) is 0 Å². The van der Waals surface area contributed by atoms with E-state index in [0.717, 1.165) is 49.6 Å². The molecule has 0 aromatic heterocycles. The molecule has 1 saturated heterocycles. The molecule has 0 saturated carbocycles. The van der Waals surface area contributed by atoms with Crippen molar-refractivity contribution in [2.24, 2.45) is 5.92 Å². The van der Waals surface area contributed by atoms with Crippen molar-refractivity contribution in [3.63, 3.8) is 0 Å². The first-order valence-corrected chi connectivity index (χ1v) is 11.0. The quantitative estimate of drug-likeness (QED) is 0.594. The van der Waals surface area contributed by atoms with E-state index in [1.165, 1.54) is 0 Å². The molecule has 2 atom stereocenters. The standard InChI is InChI=1S/C22H34N4O2S/c1-5-16(4)24-21(28)19(25-20(27)18-9-7-15(3)8-10-18)17-11-13-26(14-12-17)22(29)23-6-2/h7-10,16-17,19H,5-6,11-14H2,1-4H3,(H,23,29)(H,24,28)(H,25,27)/t16-,19+/m1/s1. The van der Waals surface area contributed by atoms with Gasteiger partial charge in [-0.15, -0.1) is 0 Å². The normalized spacial score (nSPS) is 16.6. The van der Waals surface area contributed by atoms with Gasteiger partial charge in [0, 0.05) is 31.2 Å². The summed E-state index contributed by atoms with van der Waals surface area (Å²) in [6.45, 7) is 10.4. The number of hydrogen-bond acceptors (Lipinski definition) is 3. The third-order valence-corrected chi connectivity index (χ3v) is 5.91. The minimum absolute atomic E-state index is 0.0719. The molecule has 6 nitrogen and oxygen atoms in total. The molecule has 1 heterocycles. The van der Waals surface area contributed by atoms with Crippen LogP contribution in [0.25, 0.3) is 0 Å². The molecule has 2 rings (SSSR count). The zero-order valence-electron chi connectivity index (χ0n) is 18.0. The maximum absolute atomic E-state index is 13.0.